The Kier molecular flexibility index (Phi) is 4.03. The molecule has 0 amide bonds. The number of rotatable bonds is 6. The summed E-state index contributed by atoms with van der Waals surface area (Å²) in [7, 11) is 0. The van der Waals surface area contributed by atoms with E-state index in [1.165, 1.54) is 6.39 Å². The van der Waals surface area contributed by atoms with Gasteiger partial charge < -0.3 is 14.9 Å². The van der Waals surface area contributed by atoms with Crippen molar-refractivity contribution >= 4 is 0 Å². The fourth-order valence-corrected chi connectivity index (χ4v) is 1.02. The predicted molar refractivity (Wildman–Crippen MR) is 51.8 cm³/mol. The van der Waals surface area contributed by atoms with E-state index in [1.807, 2.05) is 0 Å². The fourth-order valence-electron chi connectivity index (χ4n) is 1.02. The fraction of sp³-hybridized carbons (Fsp3) is 0.778. The SMILES string of the molecule is CC(C)(O)CCNCCc1ncon1. The van der Waals surface area contributed by atoms with E-state index in [9.17, 15) is 5.11 Å². The molecule has 0 saturated heterocycles. The highest BCUT2D eigenvalue weighted by molar-refractivity contribution is 4.78. The minimum Gasteiger partial charge on any atom is -0.390 e. The van der Waals surface area contributed by atoms with E-state index >= 15 is 0 Å². The van der Waals surface area contributed by atoms with Gasteiger partial charge in [-0.05, 0) is 26.8 Å². The number of aromatic nitrogens is 2. The van der Waals surface area contributed by atoms with Crippen LogP contribution in [0.4, 0.5) is 0 Å². The second-order valence-corrected chi connectivity index (χ2v) is 3.91. The van der Waals surface area contributed by atoms with Crippen molar-refractivity contribution in [3.63, 3.8) is 0 Å². The summed E-state index contributed by atoms with van der Waals surface area (Å²) in [6.07, 6.45) is 2.81. The molecule has 0 atom stereocenters. The maximum atomic E-state index is 9.42. The van der Waals surface area contributed by atoms with Crippen LogP contribution in [0.1, 0.15) is 26.1 Å². The largest absolute Gasteiger partial charge is 0.390 e. The highest BCUT2D eigenvalue weighted by atomic mass is 16.5. The average Bonchev–Trinajstić information content (AvgIpc) is 2.54. The summed E-state index contributed by atoms with van der Waals surface area (Å²) in [6, 6.07) is 0. The molecule has 0 aliphatic rings. The molecule has 14 heavy (non-hydrogen) atoms. The normalized spacial score (nSPS) is 11.9. The van der Waals surface area contributed by atoms with Crippen molar-refractivity contribution in [3.05, 3.63) is 12.2 Å². The topological polar surface area (TPSA) is 71.2 Å². The first-order valence-corrected chi connectivity index (χ1v) is 4.76. The first-order chi connectivity index (χ1) is 6.58. The Bertz CT molecular complexity index is 241. The van der Waals surface area contributed by atoms with Crippen LogP contribution in [0.2, 0.25) is 0 Å². The molecule has 0 aliphatic heterocycles. The molecule has 1 heterocycles. The monoisotopic (exact) mass is 199 g/mol. The van der Waals surface area contributed by atoms with Gasteiger partial charge in [0.15, 0.2) is 5.82 Å². The van der Waals surface area contributed by atoms with Gasteiger partial charge in [-0.2, -0.15) is 4.98 Å². The molecule has 5 nitrogen and oxygen atoms in total. The zero-order chi connectivity index (χ0) is 10.4. The lowest BCUT2D eigenvalue weighted by atomic mass is 10.1. The van der Waals surface area contributed by atoms with Gasteiger partial charge in [0.05, 0.1) is 5.60 Å². The van der Waals surface area contributed by atoms with Crippen LogP contribution in [0.5, 0.6) is 0 Å². The van der Waals surface area contributed by atoms with Crippen molar-refractivity contribution in [2.75, 3.05) is 13.1 Å². The van der Waals surface area contributed by atoms with Gasteiger partial charge in [-0.1, -0.05) is 5.16 Å². The van der Waals surface area contributed by atoms with E-state index in [1.54, 1.807) is 13.8 Å². The van der Waals surface area contributed by atoms with E-state index in [4.69, 9.17) is 0 Å². The molecular formula is C9H17N3O2. The predicted octanol–water partition coefficient (Wildman–Crippen LogP) is 0.363. The van der Waals surface area contributed by atoms with Crippen molar-refractivity contribution in [2.45, 2.75) is 32.3 Å². The van der Waals surface area contributed by atoms with Crippen molar-refractivity contribution in [1.82, 2.24) is 15.5 Å². The molecule has 0 aliphatic carbocycles. The molecule has 80 valence electrons. The molecule has 0 radical (unpaired) electrons. The Morgan fingerprint density at radius 3 is 2.86 bits per heavy atom. The first-order valence-electron chi connectivity index (χ1n) is 4.76. The summed E-state index contributed by atoms with van der Waals surface area (Å²) < 4.78 is 4.60. The molecule has 2 N–H and O–H groups in total. The Balaban J connectivity index is 2.00. The molecule has 1 aromatic rings. The number of aliphatic hydroxyl groups is 1. The Morgan fingerprint density at radius 2 is 2.29 bits per heavy atom. The molecule has 0 bridgehead atoms. The van der Waals surface area contributed by atoms with Crippen LogP contribution in [-0.4, -0.2) is 33.9 Å². The molecule has 0 fully saturated rings. The van der Waals surface area contributed by atoms with E-state index in [2.05, 4.69) is 20.0 Å². The smallest absolute Gasteiger partial charge is 0.213 e. The number of hydrogen-bond acceptors (Lipinski definition) is 5. The zero-order valence-corrected chi connectivity index (χ0v) is 8.66. The lowest BCUT2D eigenvalue weighted by Gasteiger charge is -2.16. The summed E-state index contributed by atoms with van der Waals surface area (Å²) in [5, 5.41) is 16.3. The Morgan fingerprint density at radius 1 is 1.50 bits per heavy atom. The lowest BCUT2D eigenvalue weighted by molar-refractivity contribution is 0.0713. The molecule has 1 aromatic heterocycles. The van der Waals surface area contributed by atoms with Crippen LogP contribution in [0.3, 0.4) is 0 Å². The minimum atomic E-state index is -0.598. The third kappa shape index (κ3) is 4.94. The van der Waals surface area contributed by atoms with Gasteiger partial charge in [0.1, 0.15) is 0 Å². The van der Waals surface area contributed by atoms with Crippen molar-refractivity contribution in [2.24, 2.45) is 0 Å². The standard InChI is InChI=1S/C9H17N3O2/c1-9(2,13)4-6-10-5-3-8-11-7-14-12-8/h7,10,13H,3-6H2,1-2H3. The summed E-state index contributed by atoms with van der Waals surface area (Å²) in [4.78, 5) is 3.90. The summed E-state index contributed by atoms with van der Waals surface area (Å²) >= 11 is 0. The molecule has 0 unspecified atom stereocenters. The molecule has 1 rings (SSSR count). The van der Waals surface area contributed by atoms with Gasteiger partial charge in [0, 0.05) is 13.0 Å². The third-order valence-electron chi connectivity index (χ3n) is 1.85. The van der Waals surface area contributed by atoms with E-state index in [0.29, 0.717) is 5.82 Å². The zero-order valence-electron chi connectivity index (χ0n) is 8.66. The van der Waals surface area contributed by atoms with Crippen LogP contribution < -0.4 is 5.32 Å². The van der Waals surface area contributed by atoms with E-state index in [0.717, 1.165) is 25.9 Å². The molecular weight excluding hydrogens is 182 g/mol. The van der Waals surface area contributed by atoms with Crippen molar-refractivity contribution < 1.29 is 9.63 Å². The van der Waals surface area contributed by atoms with Crippen molar-refractivity contribution in [1.29, 1.82) is 0 Å². The van der Waals surface area contributed by atoms with Gasteiger partial charge in [-0.25, -0.2) is 0 Å². The third-order valence-corrected chi connectivity index (χ3v) is 1.85. The quantitative estimate of drug-likeness (QED) is 0.647. The maximum Gasteiger partial charge on any atom is 0.213 e. The number of nitrogens with one attached hydrogen (secondary N) is 1. The average molecular weight is 199 g/mol. The molecule has 0 spiro atoms. The van der Waals surface area contributed by atoms with Crippen LogP contribution >= 0.6 is 0 Å². The molecule has 0 saturated carbocycles. The second kappa shape index (κ2) is 5.07. The summed E-state index contributed by atoms with van der Waals surface area (Å²) in [5.74, 6) is 0.709. The van der Waals surface area contributed by atoms with Crippen molar-refractivity contribution in [3.8, 4) is 0 Å². The first kappa shape index (κ1) is 11.1. The highest BCUT2D eigenvalue weighted by Gasteiger charge is 2.10. The van der Waals surface area contributed by atoms with Crippen LogP contribution in [0.15, 0.2) is 10.9 Å². The van der Waals surface area contributed by atoms with E-state index in [-0.39, 0.29) is 0 Å². The highest BCUT2D eigenvalue weighted by Crippen LogP contribution is 2.04. The number of hydrogen-bond donors (Lipinski definition) is 2. The van der Waals surface area contributed by atoms with Gasteiger partial charge in [0.25, 0.3) is 0 Å². The van der Waals surface area contributed by atoms with Crippen LogP contribution in [0, 0.1) is 0 Å². The van der Waals surface area contributed by atoms with E-state index < -0.39 is 5.60 Å². The summed E-state index contributed by atoms with van der Waals surface area (Å²) in [5.41, 5.74) is -0.598. The van der Waals surface area contributed by atoms with Gasteiger partial charge in [-0.15, -0.1) is 0 Å². The van der Waals surface area contributed by atoms with Gasteiger partial charge in [-0.3, -0.25) is 0 Å². The second-order valence-electron chi connectivity index (χ2n) is 3.91. The van der Waals surface area contributed by atoms with Crippen LogP contribution in [0.25, 0.3) is 0 Å². The molecule has 0 aromatic carbocycles. The Labute approximate surface area is 83.5 Å². The maximum absolute atomic E-state index is 9.42. The van der Waals surface area contributed by atoms with Crippen LogP contribution in [-0.2, 0) is 6.42 Å². The van der Waals surface area contributed by atoms with Gasteiger partial charge >= 0.3 is 0 Å². The molecule has 5 heteroatoms. The minimum absolute atomic E-state index is 0.598. The summed E-state index contributed by atoms with van der Waals surface area (Å²) in [6.45, 7) is 5.19. The number of nitrogens with zero attached hydrogens (tertiary/aromatic N) is 2. The Hall–Kier alpha value is -0.940. The lowest BCUT2D eigenvalue weighted by Crippen LogP contribution is -2.27. The van der Waals surface area contributed by atoms with Gasteiger partial charge in [0.2, 0.25) is 6.39 Å².